The molecule has 0 saturated carbocycles. The zero-order valence-corrected chi connectivity index (χ0v) is 7.45. The molecule has 2 rings (SSSR count). The van der Waals surface area contributed by atoms with E-state index < -0.39 is 0 Å². The zero-order valence-electron chi connectivity index (χ0n) is 7.45. The van der Waals surface area contributed by atoms with Crippen LogP contribution < -0.4 is 5.32 Å². The molecule has 0 atom stereocenters. The maximum atomic E-state index is 5.06. The second-order valence-corrected chi connectivity index (χ2v) is 2.84. The number of pyridine rings is 1. The Morgan fingerprint density at radius 3 is 3.31 bits per heavy atom. The van der Waals surface area contributed by atoms with E-state index in [1.807, 2.05) is 19.2 Å². The molecule has 2 heterocycles. The van der Waals surface area contributed by atoms with Gasteiger partial charge < -0.3 is 9.84 Å². The number of nitrogens with zero attached hydrogens (tertiary/aromatic N) is 2. The molecule has 0 aliphatic carbocycles. The van der Waals surface area contributed by atoms with Gasteiger partial charge in [-0.1, -0.05) is 5.16 Å². The van der Waals surface area contributed by atoms with E-state index in [9.17, 15) is 0 Å². The minimum absolute atomic E-state index is 0.619. The fraction of sp³-hybridized carbons (Fsp3) is 0.333. The van der Waals surface area contributed by atoms with Gasteiger partial charge in [0.25, 0.3) is 5.71 Å². The average molecular weight is 177 g/mol. The van der Waals surface area contributed by atoms with Crippen LogP contribution in [0.2, 0.25) is 0 Å². The molecular weight excluding hydrogens is 166 g/mol. The van der Waals surface area contributed by atoms with E-state index in [0.717, 1.165) is 24.0 Å². The summed E-state index contributed by atoms with van der Waals surface area (Å²) in [6, 6.07) is 3.87. The lowest BCUT2D eigenvalue weighted by molar-refractivity contribution is 0.438. The highest BCUT2D eigenvalue weighted by molar-refractivity contribution is 5.75. The number of hydrogen-bond donors (Lipinski definition) is 1. The summed E-state index contributed by atoms with van der Waals surface area (Å²) in [6.07, 6.45) is 2.57. The highest BCUT2D eigenvalue weighted by Gasteiger charge is 2.06. The van der Waals surface area contributed by atoms with Gasteiger partial charge in [0.05, 0.1) is 11.1 Å². The maximum Gasteiger partial charge on any atom is 0.257 e. The van der Waals surface area contributed by atoms with E-state index in [1.54, 1.807) is 6.20 Å². The van der Waals surface area contributed by atoms with Crippen molar-refractivity contribution in [1.82, 2.24) is 15.5 Å². The SMILES string of the molecule is CNCCc1noc2ncccc12. The average Bonchev–Trinajstić information content (AvgIpc) is 2.58. The minimum Gasteiger partial charge on any atom is -0.336 e. The van der Waals surface area contributed by atoms with Crippen molar-refractivity contribution in [2.75, 3.05) is 13.6 Å². The molecule has 0 saturated heterocycles. The van der Waals surface area contributed by atoms with E-state index in [2.05, 4.69) is 15.5 Å². The van der Waals surface area contributed by atoms with Crippen LogP contribution in [-0.4, -0.2) is 23.7 Å². The van der Waals surface area contributed by atoms with E-state index in [-0.39, 0.29) is 0 Å². The van der Waals surface area contributed by atoms with Gasteiger partial charge in [-0.15, -0.1) is 0 Å². The summed E-state index contributed by atoms with van der Waals surface area (Å²) in [7, 11) is 1.92. The van der Waals surface area contributed by atoms with Gasteiger partial charge in [-0.2, -0.15) is 0 Å². The lowest BCUT2D eigenvalue weighted by atomic mass is 10.2. The number of nitrogens with one attached hydrogen (secondary N) is 1. The summed E-state index contributed by atoms with van der Waals surface area (Å²) in [5.74, 6) is 0. The summed E-state index contributed by atoms with van der Waals surface area (Å²) in [5.41, 5.74) is 1.59. The Morgan fingerprint density at radius 1 is 1.54 bits per heavy atom. The van der Waals surface area contributed by atoms with Gasteiger partial charge >= 0.3 is 0 Å². The quantitative estimate of drug-likeness (QED) is 0.759. The van der Waals surface area contributed by atoms with Crippen molar-refractivity contribution in [3.8, 4) is 0 Å². The molecule has 4 nitrogen and oxygen atoms in total. The Kier molecular flexibility index (Phi) is 2.23. The third-order valence-corrected chi connectivity index (χ3v) is 1.94. The molecule has 0 aliphatic rings. The van der Waals surface area contributed by atoms with Gasteiger partial charge in [0.15, 0.2) is 0 Å². The molecule has 0 spiro atoms. The third kappa shape index (κ3) is 1.53. The highest BCUT2D eigenvalue weighted by Crippen LogP contribution is 2.15. The maximum absolute atomic E-state index is 5.06. The predicted molar refractivity (Wildman–Crippen MR) is 49.4 cm³/mol. The van der Waals surface area contributed by atoms with Crippen molar-refractivity contribution in [3.63, 3.8) is 0 Å². The summed E-state index contributed by atoms with van der Waals surface area (Å²) >= 11 is 0. The van der Waals surface area contributed by atoms with Crippen molar-refractivity contribution >= 4 is 11.1 Å². The molecule has 1 N–H and O–H groups in total. The predicted octanol–water partition coefficient (Wildman–Crippen LogP) is 0.985. The van der Waals surface area contributed by atoms with Crippen LogP contribution in [0.1, 0.15) is 5.69 Å². The Balaban J connectivity index is 2.35. The molecule has 68 valence electrons. The summed E-state index contributed by atoms with van der Waals surface area (Å²) in [6.45, 7) is 0.899. The molecule has 0 aromatic carbocycles. The molecule has 0 bridgehead atoms. The summed E-state index contributed by atoms with van der Waals surface area (Å²) < 4.78 is 5.06. The van der Waals surface area contributed by atoms with Crippen LogP contribution in [-0.2, 0) is 6.42 Å². The highest BCUT2D eigenvalue weighted by atomic mass is 16.5. The van der Waals surface area contributed by atoms with Gasteiger partial charge in [-0.3, -0.25) is 0 Å². The lowest BCUT2D eigenvalue weighted by Crippen LogP contribution is -2.10. The number of hydrogen-bond acceptors (Lipinski definition) is 4. The molecule has 0 aliphatic heterocycles. The van der Waals surface area contributed by atoms with Gasteiger partial charge in [-0.25, -0.2) is 4.98 Å². The van der Waals surface area contributed by atoms with Gasteiger partial charge in [0, 0.05) is 19.2 Å². The summed E-state index contributed by atoms with van der Waals surface area (Å²) in [5, 5.41) is 8.04. The molecule has 13 heavy (non-hydrogen) atoms. The largest absolute Gasteiger partial charge is 0.336 e. The van der Waals surface area contributed by atoms with Crippen molar-refractivity contribution in [3.05, 3.63) is 24.0 Å². The van der Waals surface area contributed by atoms with Gasteiger partial charge in [0.2, 0.25) is 0 Å². The number of aromatic nitrogens is 2. The van der Waals surface area contributed by atoms with Gasteiger partial charge in [-0.05, 0) is 19.2 Å². The molecule has 2 aromatic rings. The van der Waals surface area contributed by atoms with Crippen LogP contribution in [0.5, 0.6) is 0 Å². The number of fused-ring (bicyclic) bond motifs is 1. The van der Waals surface area contributed by atoms with Crippen molar-refractivity contribution < 1.29 is 4.52 Å². The Morgan fingerprint density at radius 2 is 2.46 bits per heavy atom. The van der Waals surface area contributed by atoms with Crippen LogP contribution in [0.4, 0.5) is 0 Å². The molecule has 0 unspecified atom stereocenters. The fourth-order valence-electron chi connectivity index (χ4n) is 1.25. The first-order valence-corrected chi connectivity index (χ1v) is 4.25. The van der Waals surface area contributed by atoms with Crippen molar-refractivity contribution in [2.24, 2.45) is 0 Å². The second-order valence-electron chi connectivity index (χ2n) is 2.84. The monoisotopic (exact) mass is 177 g/mol. The first-order chi connectivity index (χ1) is 6.42. The minimum atomic E-state index is 0.619. The van der Waals surface area contributed by atoms with Crippen molar-refractivity contribution in [1.29, 1.82) is 0 Å². The topological polar surface area (TPSA) is 51.0 Å². The van der Waals surface area contributed by atoms with Crippen LogP contribution in [0.15, 0.2) is 22.9 Å². The third-order valence-electron chi connectivity index (χ3n) is 1.94. The Bertz CT molecular complexity index is 396. The fourth-order valence-corrected chi connectivity index (χ4v) is 1.25. The van der Waals surface area contributed by atoms with Crippen LogP contribution in [0.3, 0.4) is 0 Å². The second kappa shape index (κ2) is 3.53. The number of rotatable bonds is 3. The first-order valence-electron chi connectivity index (χ1n) is 4.25. The summed E-state index contributed by atoms with van der Waals surface area (Å²) in [4.78, 5) is 4.06. The van der Waals surface area contributed by atoms with E-state index in [4.69, 9.17) is 4.52 Å². The van der Waals surface area contributed by atoms with Crippen LogP contribution in [0, 0.1) is 0 Å². The first kappa shape index (κ1) is 8.19. The van der Waals surface area contributed by atoms with E-state index in [0.29, 0.717) is 5.71 Å². The van der Waals surface area contributed by atoms with Crippen LogP contribution in [0.25, 0.3) is 11.1 Å². The van der Waals surface area contributed by atoms with E-state index >= 15 is 0 Å². The molecule has 0 amide bonds. The zero-order chi connectivity index (χ0) is 9.10. The molecule has 0 radical (unpaired) electrons. The van der Waals surface area contributed by atoms with E-state index in [1.165, 1.54) is 0 Å². The number of likely N-dealkylation sites (N-methyl/N-ethyl adjacent to an activating group) is 1. The standard InChI is InChI=1S/C9H11N3O/c1-10-6-4-8-7-3-2-5-11-9(7)13-12-8/h2-3,5,10H,4,6H2,1H3. The van der Waals surface area contributed by atoms with Crippen molar-refractivity contribution in [2.45, 2.75) is 6.42 Å². The lowest BCUT2D eigenvalue weighted by Gasteiger charge is -1.93. The smallest absolute Gasteiger partial charge is 0.257 e. The molecular formula is C9H11N3O. The normalized spacial score (nSPS) is 10.8. The molecule has 0 fully saturated rings. The van der Waals surface area contributed by atoms with Crippen LogP contribution >= 0.6 is 0 Å². The molecule has 4 heteroatoms. The Hall–Kier alpha value is -1.42. The molecule has 2 aromatic heterocycles. The Labute approximate surface area is 75.9 Å². The van der Waals surface area contributed by atoms with Gasteiger partial charge in [0.1, 0.15) is 0 Å².